The van der Waals surface area contributed by atoms with Crippen LogP contribution in [0.3, 0.4) is 0 Å². The minimum absolute atomic E-state index is 0.840. The number of aliphatic imine (C=N–C) groups is 1. The molecule has 0 atom stereocenters. The van der Waals surface area contributed by atoms with Crippen molar-refractivity contribution in [3.8, 4) is 0 Å². The van der Waals surface area contributed by atoms with Crippen LogP contribution >= 0.6 is 15.9 Å². The van der Waals surface area contributed by atoms with Gasteiger partial charge in [0.05, 0.1) is 34.7 Å². The molecule has 5 nitrogen and oxygen atoms in total. The molecule has 0 saturated heterocycles. The molecule has 17 heavy (non-hydrogen) atoms. The summed E-state index contributed by atoms with van der Waals surface area (Å²) in [5, 5.41) is 9.83. The average molecular weight is 296 g/mol. The lowest BCUT2D eigenvalue weighted by Gasteiger charge is -2.15. The maximum Gasteiger partial charge on any atom is 0.195 e. The predicted molar refractivity (Wildman–Crippen MR) is 75.0 cm³/mol. The largest absolute Gasteiger partial charge is 0.366 e. The smallest absolute Gasteiger partial charge is 0.195 e. The molecule has 90 valence electrons. The quantitative estimate of drug-likeness (QED) is 0.737. The molecule has 1 aromatic rings. The molecule has 6 heteroatoms. The Morgan fingerprint density at radius 3 is 3.06 bits per heavy atom. The van der Waals surface area contributed by atoms with Crippen molar-refractivity contribution in [3.05, 3.63) is 16.6 Å². The zero-order chi connectivity index (χ0) is 11.8. The first-order valence-electron chi connectivity index (χ1n) is 5.58. The van der Waals surface area contributed by atoms with Crippen molar-refractivity contribution < 1.29 is 0 Å². The lowest BCUT2D eigenvalue weighted by atomic mass is 10.2. The van der Waals surface area contributed by atoms with Crippen molar-refractivity contribution in [2.45, 2.75) is 0 Å². The van der Waals surface area contributed by atoms with Gasteiger partial charge in [-0.1, -0.05) is 0 Å². The van der Waals surface area contributed by atoms with Crippen molar-refractivity contribution in [2.24, 2.45) is 4.99 Å². The predicted octanol–water partition coefficient (Wildman–Crippen LogP) is 1.64. The summed E-state index contributed by atoms with van der Waals surface area (Å²) < 4.78 is 1.07. The number of guanidine groups is 1. The SMILES string of the molecule is CN1CNc2ccc(NC3=NCCN3)c(Br)c21. The molecule has 0 bridgehead atoms. The van der Waals surface area contributed by atoms with E-state index >= 15 is 0 Å². The first kappa shape index (κ1) is 10.7. The van der Waals surface area contributed by atoms with Gasteiger partial charge in [-0.05, 0) is 28.1 Å². The van der Waals surface area contributed by atoms with E-state index < -0.39 is 0 Å². The zero-order valence-electron chi connectivity index (χ0n) is 9.55. The number of fused-ring (bicyclic) bond motifs is 1. The number of hydrogen-bond donors (Lipinski definition) is 3. The molecule has 0 aliphatic carbocycles. The molecule has 2 aliphatic heterocycles. The van der Waals surface area contributed by atoms with Gasteiger partial charge in [0.2, 0.25) is 0 Å². The standard InChI is InChI=1S/C11H14BrN5/c1-17-6-15-8-3-2-7(9(12)10(8)17)16-11-13-4-5-14-11/h2-3,15H,4-6H2,1H3,(H2,13,14,16). The number of benzene rings is 1. The van der Waals surface area contributed by atoms with Gasteiger partial charge in [-0.2, -0.15) is 0 Å². The fraction of sp³-hybridized carbons (Fsp3) is 0.364. The number of anilines is 3. The third-order valence-electron chi connectivity index (χ3n) is 2.93. The number of halogens is 1. The van der Waals surface area contributed by atoms with E-state index in [2.05, 4.69) is 61.0 Å². The molecule has 0 fully saturated rings. The first-order chi connectivity index (χ1) is 8.25. The molecule has 0 unspecified atom stereocenters. The summed E-state index contributed by atoms with van der Waals surface area (Å²) >= 11 is 3.65. The molecular formula is C11H14BrN5. The highest BCUT2D eigenvalue weighted by Crippen LogP contribution is 2.41. The lowest BCUT2D eigenvalue weighted by Crippen LogP contribution is -2.26. The molecule has 0 radical (unpaired) electrons. The van der Waals surface area contributed by atoms with Gasteiger partial charge in [-0.25, -0.2) is 0 Å². The van der Waals surface area contributed by atoms with Crippen LogP contribution in [-0.4, -0.2) is 32.8 Å². The molecule has 0 amide bonds. The summed E-state index contributed by atoms with van der Waals surface area (Å²) in [6, 6.07) is 4.14. The Labute approximate surface area is 108 Å². The summed E-state index contributed by atoms with van der Waals surface area (Å²) in [6.07, 6.45) is 0. The molecule has 2 heterocycles. The van der Waals surface area contributed by atoms with E-state index in [0.29, 0.717) is 0 Å². The van der Waals surface area contributed by atoms with Gasteiger partial charge in [-0.3, -0.25) is 4.99 Å². The van der Waals surface area contributed by atoms with Crippen molar-refractivity contribution in [2.75, 3.05) is 42.3 Å². The summed E-state index contributed by atoms with van der Waals surface area (Å²) in [6.45, 7) is 2.59. The second-order valence-corrected chi connectivity index (χ2v) is 4.93. The molecule has 1 aromatic carbocycles. The molecule has 0 spiro atoms. The third-order valence-corrected chi connectivity index (χ3v) is 3.73. The molecule has 0 saturated carbocycles. The highest BCUT2D eigenvalue weighted by molar-refractivity contribution is 9.10. The van der Waals surface area contributed by atoms with Crippen LogP contribution in [0.5, 0.6) is 0 Å². The fourth-order valence-corrected chi connectivity index (χ4v) is 2.82. The monoisotopic (exact) mass is 295 g/mol. The average Bonchev–Trinajstić information content (AvgIpc) is 2.93. The maximum atomic E-state index is 4.33. The highest BCUT2D eigenvalue weighted by Gasteiger charge is 2.20. The Hall–Kier alpha value is -1.43. The van der Waals surface area contributed by atoms with Gasteiger partial charge in [0.25, 0.3) is 0 Å². The maximum absolute atomic E-state index is 4.33. The van der Waals surface area contributed by atoms with Gasteiger partial charge >= 0.3 is 0 Å². The van der Waals surface area contributed by atoms with Crippen LogP contribution in [0, 0.1) is 0 Å². The Morgan fingerprint density at radius 2 is 2.29 bits per heavy atom. The Morgan fingerprint density at radius 1 is 1.41 bits per heavy atom. The van der Waals surface area contributed by atoms with Crippen LogP contribution in [0.2, 0.25) is 0 Å². The summed E-state index contributed by atoms with van der Waals surface area (Å²) in [4.78, 5) is 6.50. The first-order valence-corrected chi connectivity index (χ1v) is 6.38. The van der Waals surface area contributed by atoms with Crippen LogP contribution in [0.4, 0.5) is 17.1 Å². The van der Waals surface area contributed by atoms with Crippen molar-refractivity contribution >= 4 is 39.0 Å². The Balaban J connectivity index is 1.93. The van der Waals surface area contributed by atoms with Crippen molar-refractivity contribution in [1.29, 1.82) is 0 Å². The van der Waals surface area contributed by atoms with Gasteiger partial charge in [0.15, 0.2) is 5.96 Å². The second-order valence-electron chi connectivity index (χ2n) is 4.14. The van der Waals surface area contributed by atoms with E-state index in [9.17, 15) is 0 Å². The number of rotatable bonds is 1. The van der Waals surface area contributed by atoms with Crippen LogP contribution in [0.25, 0.3) is 0 Å². The van der Waals surface area contributed by atoms with E-state index in [-0.39, 0.29) is 0 Å². The normalized spacial score (nSPS) is 17.3. The second kappa shape index (κ2) is 4.10. The Kier molecular flexibility index (Phi) is 2.58. The van der Waals surface area contributed by atoms with E-state index in [1.807, 2.05) is 0 Å². The van der Waals surface area contributed by atoms with Gasteiger partial charge in [-0.15, -0.1) is 0 Å². The number of nitrogens with one attached hydrogen (secondary N) is 3. The molecule has 2 aliphatic rings. The van der Waals surface area contributed by atoms with E-state index in [0.717, 1.165) is 41.6 Å². The highest BCUT2D eigenvalue weighted by atomic mass is 79.9. The lowest BCUT2D eigenvalue weighted by molar-refractivity contribution is 0.959. The minimum atomic E-state index is 0.840. The molecular weight excluding hydrogens is 282 g/mol. The zero-order valence-corrected chi connectivity index (χ0v) is 11.1. The molecule has 3 N–H and O–H groups in total. The summed E-state index contributed by atoms with van der Waals surface area (Å²) in [7, 11) is 2.07. The fourth-order valence-electron chi connectivity index (χ4n) is 2.07. The van der Waals surface area contributed by atoms with E-state index in [1.54, 1.807) is 0 Å². The van der Waals surface area contributed by atoms with Crippen LogP contribution < -0.4 is 20.9 Å². The van der Waals surface area contributed by atoms with Crippen LogP contribution in [0.1, 0.15) is 0 Å². The number of nitrogens with zero attached hydrogens (tertiary/aromatic N) is 2. The topological polar surface area (TPSA) is 51.7 Å². The molecule has 3 rings (SSSR count). The van der Waals surface area contributed by atoms with Gasteiger partial charge in [0.1, 0.15) is 0 Å². The van der Waals surface area contributed by atoms with E-state index in [1.165, 1.54) is 5.69 Å². The number of hydrogen-bond acceptors (Lipinski definition) is 5. The summed E-state index contributed by atoms with van der Waals surface area (Å²) in [5.74, 6) is 0.847. The van der Waals surface area contributed by atoms with Gasteiger partial charge in [0, 0.05) is 13.6 Å². The summed E-state index contributed by atoms with van der Waals surface area (Å²) in [5.41, 5.74) is 3.38. The van der Waals surface area contributed by atoms with E-state index in [4.69, 9.17) is 0 Å². The van der Waals surface area contributed by atoms with Crippen LogP contribution in [-0.2, 0) is 0 Å². The minimum Gasteiger partial charge on any atom is -0.366 e. The van der Waals surface area contributed by atoms with Crippen LogP contribution in [0.15, 0.2) is 21.6 Å². The van der Waals surface area contributed by atoms with Crippen molar-refractivity contribution in [1.82, 2.24) is 5.32 Å². The third kappa shape index (κ3) is 1.82. The Bertz CT molecular complexity index is 485. The van der Waals surface area contributed by atoms with Crippen molar-refractivity contribution in [3.63, 3.8) is 0 Å². The molecule has 0 aromatic heterocycles. The van der Waals surface area contributed by atoms with Gasteiger partial charge < -0.3 is 20.9 Å².